The highest BCUT2D eigenvalue weighted by Crippen LogP contribution is 2.32. The van der Waals surface area contributed by atoms with E-state index in [1.165, 1.54) is 38.9 Å². The molecule has 1 heterocycles. The first-order valence-corrected chi connectivity index (χ1v) is 19.3. The summed E-state index contributed by atoms with van der Waals surface area (Å²) in [4.78, 5) is 40.2. The van der Waals surface area contributed by atoms with Crippen LogP contribution in [0.15, 0.2) is 36.4 Å². The van der Waals surface area contributed by atoms with Gasteiger partial charge in [0.05, 0.1) is 32.9 Å². The predicted molar refractivity (Wildman–Crippen MR) is 203 cm³/mol. The van der Waals surface area contributed by atoms with E-state index >= 15 is 0 Å². The molecular formula is C42H64FNO9. The molecule has 0 bridgehead atoms. The van der Waals surface area contributed by atoms with Crippen LogP contribution in [0.25, 0.3) is 0 Å². The first-order chi connectivity index (χ1) is 25.3. The van der Waals surface area contributed by atoms with Gasteiger partial charge in [-0.05, 0) is 71.1 Å². The van der Waals surface area contributed by atoms with Gasteiger partial charge in [0.1, 0.15) is 24.0 Å². The van der Waals surface area contributed by atoms with Gasteiger partial charge in [-0.3, -0.25) is 9.18 Å². The second-order valence-corrected chi connectivity index (χ2v) is 14.6. The molecule has 1 aliphatic rings. The lowest BCUT2D eigenvalue weighted by atomic mass is 9.82. The van der Waals surface area contributed by atoms with Crippen molar-refractivity contribution < 1.29 is 47.6 Å². The number of rotatable bonds is 25. The summed E-state index contributed by atoms with van der Waals surface area (Å²) in [5.41, 5.74) is -2.85. The van der Waals surface area contributed by atoms with Crippen molar-refractivity contribution in [2.75, 3.05) is 33.6 Å². The zero-order chi connectivity index (χ0) is 39.2. The van der Waals surface area contributed by atoms with E-state index in [4.69, 9.17) is 23.7 Å². The van der Waals surface area contributed by atoms with E-state index in [1.54, 1.807) is 58.0 Å². The molecule has 1 saturated heterocycles. The van der Waals surface area contributed by atoms with Gasteiger partial charge in [-0.25, -0.2) is 9.59 Å². The van der Waals surface area contributed by atoms with E-state index in [1.807, 2.05) is 0 Å². The van der Waals surface area contributed by atoms with Crippen molar-refractivity contribution in [1.82, 2.24) is 5.32 Å². The molecular weight excluding hydrogens is 681 g/mol. The Morgan fingerprint density at radius 3 is 2.19 bits per heavy atom. The van der Waals surface area contributed by atoms with Crippen LogP contribution in [0.5, 0.6) is 5.75 Å². The number of carbonyl (C=O) groups is 3. The van der Waals surface area contributed by atoms with Crippen LogP contribution < -0.4 is 10.1 Å². The molecule has 0 aromatic heterocycles. The van der Waals surface area contributed by atoms with Gasteiger partial charge in [-0.15, -0.1) is 5.92 Å². The number of allylic oxidation sites excluding steroid dienone is 1. The summed E-state index contributed by atoms with van der Waals surface area (Å²) < 4.78 is 42.0. The van der Waals surface area contributed by atoms with Crippen LogP contribution in [0.2, 0.25) is 0 Å². The van der Waals surface area contributed by atoms with Crippen LogP contribution in [-0.4, -0.2) is 79.6 Å². The van der Waals surface area contributed by atoms with E-state index in [0.29, 0.717) is 30.9 Å². The number of ether oxygens (including phenoxy) is 5. The third-order valence-electron chi connectivity index (χ3n) is 9.16. The average Bonchev–Trinajstić information content (AvgIpc) is 3.59. The van der Waals surface area contributed by atoms with E-state index < -0.39 is 59.9 Å². The maximum Gasteiger partial charge on any atom is 0.339 e. The Kier molecular flexibility index (Phi) is 20.7. The van der Waals surface area contributed by atoms with Crippen molar-refractivity contribution >= 4 is 17.8 Å². The van der Waals surface area contributed by atoms with Crippen LogP contribution >= 0.6 is 0 Å². The van der Waals surface area contributed by atoms with Gasteiger partial charge in [0.25, 0.3) is 0 Å². The van der Waals surface area contributed by atoms with Crippen LogP contribution in [0.1, 0.15) is 124 Å². The van der Waals surface area contributed by atoms with Crippen molar-refractivity contribution in [3.63, 3.8) is 0 Å². The Morgan fingerprint density at radius 2 is 1.62 bits per heavy atom. The standard InChI is InChI=1S/C42H64FNO9/c1-7-9-11-15-18-25-41(51-30-31-52-41)26-19-16-13-12-14-17-20-35(42(48,27-28-43)39(47)53-40(3,4)5)37(45)44-36(38(46)49-6)32-33-21-23-34(24-22-33)50-29-10-8-2/h17,20-24,35-36,48H,7,9,11-16,18-19,25-32H2,1-6H3,(H,44,45)/b20-17+/t35-,36+,42+/m1/s1. The Morgan fingerprint density at radius 1 is 1.00 bits per heavy atom. The Balaban J connectivity index is 2.13. The Bertz CT molecular complexity index is 1320. The fraction of sp³-hybridized carbons (Fsp3) is 0.690. The van der Waals surface area contributed by atoms with Crippen LogP contribution in [0.3, 0.4) is 0 Å². The lowest BCUT2D eigenvalue weighted by Crippen LogP contribution is -2.56. The van der Waals surface area contributed by atoms with Crippen LogP contribution in [0, 0.1) is 17.8 Å². The lowest BCUT2D eigenvalue weighted by molar-refractivity contribution is -0.184. The van der Waals surface area contributed by atoms with Gasteiger partial charge in [0.2, 0.25) is 5.91 Å². The number of alkyl halides is 1. The highest BCUT2D eigenvalue weighted by Gasteiger charge is 2.49. The normalized spacial score (nSPS) is 16.2. The average molecular weight is 746 g/mol. The number of nitrogens with one attached hydrogen (secondary N) is 1. The molecule has 2 N–H and O–H groups in total. The number of hydrogen-bond donors (Lipinski definition) is 2. The maximum atomic E-state index is 14.0. The molecule has 0 saturated carbocycles. The van der Waals surface area contributed by atoms with Gasteiger partial charge in [-0.1, -0.05) is 75.7 Å². The van der Waals surface area contributed by atoms with Gasteiger partial charge >= 0.3 is 11.9 Å². The number of methoxy groups -OCH3 is 1. The van der Waals surface area contributed by atoms with E-state index in [0.717, 1.165) is 44.9 Å². The molecule has 0 unspecified atom stereocenters. The minimum absolute atomic E-state index is 0.0497. The SMILES string of the molecule is CC#CCOc1ccc(C[C@H](NC(=O)[C@@H](/C=C/CCCCCCC2(CCCCCCC)OCCO2)[C@@](O)(CCF)C(=O)OC(C)(C)C)C(=O)OC)cc1. The smallest absolute Gasteiger partial charge is 0.339 e. The number of esters is 2. The monoisotopic (exact) mass is 745 g/mol. The van der Waals surface area contributed by atoms with Crippen molar-refractivity contribution in [2.24, 2.45) is 5.92 Å². The second-order valence-electron chi connectivity index (χ2n) is 14.6. The zero-order valence-electron chi connectivity index (χ0n) is 32.9. The number of benzene rings is 1. The molecule has 1 aromatic carbocycles. The number of amides is 1. The summed E-state index contributed by atoms with van der Waals surface area (Å²) in [5, 5.41) is 14.4. The Hall–Kier alpha value is -3.46. The van der Waals surface area contributed by atoms with Crippen molar-refractivity contribution in [1.29, 1.82) is 0 Å². The number of aliphatic hydroxyl groups is 1. The molecule has 11 heteroatoms. The molecule has 1 amide bonds. The maximum absolute atomic E-state index is 14.0. The molecule has 53 heavy (non-hydrogen) atoms. The molecule has 1 aromatic rings. The fourth-order valence-electron chi connectivity index (χ4n) is 6.26. The van der Waals surface area contributed by atoms with Gasteiger partial charge in [-0.2, -0.15) is 0 Å². The quantitative estimate of drug-likeness (QED) is 0.0457. The molecule has 0 radical (unpaired) electrons. The van der Waals surface area contributed by atoms with Gasteiger partial charge in [0, 0.05) is 25.7 Å². The lowest BCUT2D eigenvalue weighted by Gasteiger charge is -2.34. The summed E-state index contributed by atoms with van der Waals surface area (Å²) in [6.45, 7) is 9.19. The van der Waals surface area contributed by atoms with Crippen LogP contribution in [0.4, 0.5) is 4.39 Å². The summed E-state index contributed by atoms with van der Waals surface area (Å²) >= 11 is 0. The van der Waals surface area contributed by atoms with Crippen molar-refractivity contribution in [3.8, 4) is 17.6 Å². The summed E-state index contributed by atoms with van der Waals surface area (Å²) in [5.74, 6) is 1.45. The highest BCUT2D eigenvalue weighted by atomic mass is 19.1. The topological polar surface area (TPSA) is 130 Å². The third-order valence-corrected chi connectivity index (χ3v) is 9.16. The number of hydrogen-bond acceptors (Lipinski definition) is 9. The summed E-state index contributed by atoms with van der Waals surface area (Å²) in [7, 11) is 1.20. The number of unbranched alkanes of at least 4 members (excludes halogenated alkanes) is 8. The number of carbonyl (C=O) groups excluding carboxylic acids is 3. The van der Waals surface area contributed by atoms with Crippen molar-refractivity contribution in [3.05, 3.63) is 42.0 Å². The first-order valence-electron chi connectivity index (χ1n) is 19.3. The third kappa shape index (κ3) is 16.6. The van der Waals surface area contributed by atoms with Gasteiger partial charge < -0.3 is 34.1 Å². The molecule has 3 atom stereocenters. The predicted octanol–water partition coefficient (Wildman–Crippen LogP) is 7.34. The molecule has 1 fully saturated rings. The largest absolute Gasteiger partial charge is 0.481 e. The highest BCUT2D eigenvalue weighted by molar-refractivity contribution is 5.93. The van der Waals surface area contributed by atoms with Crippen LogP contribution in [-0.2, 0) is 39.8 Å². The molecule has 0 aliphatic carbocycles. The number of halogens is 1. The Labute approximate surface area is 316 Å². The summed E-state index contributed by atoms with van der Waals surface area (Å²) in [6.07, 6.45) is 14.4. The summed E-state index contributed by atoms with van der Waals surface area (Å²) in [6, 6.07) is 5.77. The van der Waals surface area contributed by atoms with E-state index in [-0.39, 0.29) is 13.0 Å². The molecule has 1 aliphatic heterocycles. The molecule has 2 rings (SSSR count). The minimum Gasteiger partial charge on any atom is -0.481 e. The molecule has 10 nitrogen and oxygen atoms in total. The van der Waals surface area contributed by atoms with E-state index in [9.17, 15) is 23.9 Å². The fourth-order valence-corrected chi connectivity index (χ4v) is 6.26. The minimum atomic E-state index is -2.53. The molecule has 0 spiro atoms. The molecule has 298 valence electrons. The first kappa shape index (κ1) is 45.7. The second kappa shape index (κ2) is 24.0. The van der Waals surface area contributed by atoms with E-state index in [2.05, 4.69) is 24.1 Å². The van der Waals surface area contributed by atoms with Gasteiger partial charge in [0.15, 0.2) is 11.4 Å². The van der Waals surface area contributed by atoms with Crippen molar-refractivity contribution in [2.45, 2.75) is 148 Å². The zero-order valence-corrected chi connectivity index (χ0v) is 32.9.